The first-order valence-electron chi connectivity index (χ1n) is 6.35. The van der Waals surface area contributed by atoms with Crippen LogP contribution in [0.1, 0.15) is 19.4 Å². The second-order valence-electron chi connectivity index (χ2n) is 4.48. The Bertz CT molecular complexity index is 535. The zero-order valence-electron chi connectivity index (χ0n) is 11.2. The van der Waals surface area contributed by atoms with Crippen LogP contribution < -0.4 is 10.2 Å². The molecule has 0 aromatic heterocycles. The molecule has 2 aromatic carbocycles. The van der Waals surface area contributed by atoms with Crippen molar-refractivity contribution in [1.82, 2.24) is 0 Å². The van der Waals surface area contributed by atoms with E-state index in [9.17, 15) is 0 Å². The van der Waals surface area contributed by atoms with Crippen LogP contribution in [0, 0.1) is 0 Å². The van der Waals surface area contributed by atoms with Crippen molar-refractivity contribution >= 4 is 11.9 Å². The van der Waals surface area contributed by atoms with Crippen LogP contribution in [0.4, 0.5) is 5.69 Å². The Morgan fingerprint density at radius 3 is 2.58 bits per heavy atom. The summed E-state index contributed by atoms with van der Waals surface area (Å²) in [7, 11) is 0. The van der Waals surface area contributed by atoms with Crippen molar-refractivity contribution in [2.45, 2.75) is 20.0 Å². The van der Waals surface area contributed by atoms with Crippen molar-refractivity contribution in [3.05, 3.63) is 60.2 Å². The van der Waals surface area contributed by atoms with Gasteiger partial charge in [0.15, 0.2) is 0 Å². The molecule has 98 valence electrons. The molecule has 2 rings (SSSR count). The molecule has 0 aliphatic rings. The second-order valence-corrected chi connectivity index (χ2v) is 4.48. The summed E-state index contributed by atoms with van der Waals surface area (Å²) in [6.07, 6.45) is 1.95. The average molecular weight is 254 g/mol. The van der Waals surface area contributed by atoms with Gasteiger partial charge in [0.2, 0.25) is 0 Å². The average Bonchev–Trinajstić information content (AvgIpc) is 2.40. The number of para-hydroxylation sites is 1. The minimum Gasteiger partial charge on any atom is -0.491 e. The molecular weight excluding hydrogens is 236 g/mol. The van der Waals surface area contributed by atoms with Crippen LogP contribution in [0.3, 0.4) is 0 Å². The summed E-state index contributed by atoms with van der Waals surface area (Å²) in [5, 5.41) is 4.20. The molecule has 0 atom stereocenters. The standard InChI is InChI=1S/C16H18N2O/c1-13(2)19-16-10-6-7-14(11-16)12-17-18-15-8-4-3-5-9-15/h3-13,18H,1-2H3/b17-12+. The maximum Gasteiger partial charge on any atom is 0.120 e. The highest BCUT2D eigenvalue weighted by Crippen LogP contribution is 2.13. The number of hydrogen-bond acceptors (Lipinski definition) is 3. The van der Waals surface area contributed by atoms with Crippen molar-refractivity contribution < 1.29 is 4.74 Å². The van der Waals surface area contributed by atoms with Crippen LogP contribution in [0.2, 0.25) is 0 Å². The summed E-state index contributed by atoms with van der Waals surface area (Å²) in [6.45, 7) is 4.02. The van der Waals surface area contributed by atoms with Crippen molar-refractivity contribution in [2.24, 2.45) is 5.10 Å². The number of rotatable bonds is 5. The molecule has 0 unspecified atom stereocenters. The SMILES string of the molecule is CC(C)Oc1cccc(/C=N/Nc2ccccc2)c1. The summed E-state index contributed by atoms with van der Waals surface area (Å²) in [6, 6.07) is 17.7. The van der Waals surface area contributed by atoms with E-state index in [1.807, 2.05) is 68.4 Å². The molecule has 3 heteroatoms. The number of anilines is 1. The van der Waals surface area contributed by atoms with E-state index in [4.69, 9.17) is 4.74 Å². The maximum atomic E-state index is 5.64. The fraction of sp³-hybridized carbons (Fsp3) is 0.188. The number of ether oxygens (including phenoxy) is 1. The maximum absolute atomic E-state index is 5.64. The predicted octanol–water partition coefficient (Wildman–Crippen LogP) is 3.92. The molecule has 0 bridgehead atoms. The highest BCUT2D eigenvalue weighted by molar-refractivity contribution is 5.80. The van der Waals surface area contributed by atoms with Crippen LogP contribution in [-0.2, 0) is 0 Å². The largest absolute Gasteiger partial charge is 0.491 e. The van der Waals surface area contributed by atoms with Crippen LogP contribution in [0.5, 0.6) is 5.75 Å². The molecule has 1 N–H and O–H groups in total. The van der Waals surface area contributed by atoms with Gasteiger partial charge in [0.1, 0.15) is 5.75 Å². The van der Waals surface area contributed by atoms with Crippen LogP contribution in [0.15, 0.2) is 59.7 Å². The number of nitrogens with zero attached hydrogens (tertiary/aromatic N) is 1. The van der Waals surface area contributed by atoms with Crippen molar-refractivity contribution in [3.8, 4) is 5.75 Å². The normalized spacial score (nSPS) is 10.9. The lowest BCUT2D eigenvalue weighted by atomic mass is 10.2. The van der Waals surface area contributed by atoms with E-state index in [-0.39, 0.29) is 6.10 Å². The predicted molar refractivity (Wildman–Crippen MR) is 79.9 cm³/mol. The van der Waals surface area contributed by atoms with Gasteiger partial charge in [0.25, 0.3) is 0 Å². The van der Waals surface area contributed by atoms with E-state index in [0.717, 1.165) is 17.0 Å². The summed E-state index contributed by atoms with van der Waals surface area (Å²) in [5.74, 6) is 0.860. The molecule has 2 aromatic rings. The van der Waals surface area contributed by atoms with Crippen molar-refractivity contribution in [2.75, 3.05) is 5.43 Å². The van der Waals surface area contributed by atoms with E-state index in [1.54, 1.807) is 6.21 Å². The van der Waals surface area contributed by atoms with Crippen molar-refractivity contribution in [1.29, 1.82) is 0 Å². The molecule has 0 aliphatic carbocycles. The molecule has 0 fully saturated rings. The van der Waals surface area contributed by atoms with Crippen LogP contribution >= 0.6 is 0 Å². The van der Waals surface area contributed by atoms with Gasteiger partial charge in [0.05, 0.1) is 18.0 Å². The molecular formula is C16H18N2O. The van der Waals surface area contributed by atoms with Crippen LogP contribution in [0.25, 0.3) is 0 Å². The lowest BCUT2D eigenvalue weighted by Crippen LogP contribution is -2.05. The molecule has 0 spiro atoms. The molecule has 0 radical (unpaired) electrons. The van der Waals surface area contributed by atoms with Gasteiger partial charge in [-0.3, -0.25) is 5.43 Å². The third-order valence-corrected chi connectivity index (χ3v) is 2.41. The van der Waals surface area contributed by atoms with E-state index in [1.165, 1.54) is 0 Å². The van der Waals surface area contributed by atoms with Gasteiger partial charge in [-0.25, -0.2) is 0 Å². The Morgan fingerprint density at radius 2 is 1.84 bits per heavy atom. The molecule has 3 nitrogen and oxygen atoms in total. The van der Waals surface area contributed by atoms with Gasteiger partial charge in [-0.15, -0.1) is 0 Å². The smallest absolute Gasteiger partial charge is 0.120 e. The lowest BCUT2D eigenvalue weighted by molar-refractivity contribution is 0.242. The fourth-order valence-corrected chi connectivity index (χ4v) is 1.63. The molecule has 19 heavy (non-hydrogen) atoms. The van der Waals surface area contributed by atoms with Crippen molar-refractivity contribution in [3.63, 3.8) is 0 Å². The van der Waals surface area contributed by atoms with Gasteiger partial charge in [-0.1, -0.05) is 30.3 Å². The summed E-state index contributed by atoms with van der Waals surface area (Å²) in [4.78, 5) is 0. The highest BCUT2D eigenvalue weighted by atomic mass is 16.5. The molecule has 0 aliphatic heterocycles. The number of hydrazone groups is 1. The number of nitrogens with one attached hydrogen (secondary N) is 1. The Balaban J connectivity index is 1.99. The molecule has 0 saturated heterocycles. The first-order chi connectivity index (χ1) is 9.24. The minimum absolute atomic E-state index is 0.176. The summed E-state index contributed by atoms with van der Waals surface area (Å²) >= 11 is 0. The Hall–Kier alpha value is -2.29. The van der Waals surface area contributed by atoms with E-state index in [0.29, 0.717) is 0 Å². The van der Waals surface area contributed by atoms with Crippen LogP contribution in [-0.4, -0.2) is 12.3 Å². The van der Waals surface area contributed by atoms with Gasteiger partial charge < -0.3 is 4.74 Å². The summed E-state index contributed by atoms with van der Waals surface area (Å²) < 4.78 is 5.64. The molecule has 0 amide bonds. The molecule has 0 saturated carbocycles. The third-order valence-electron chi connectivity index (χ3n) is 2.41. The number of benzene rings is 2. The third kappa shape index (κ3) is 4.47. The second kappa shape index (κ2) is 6.59. The minimum atomic E-state index is 0.176. The van der Waals surface area contributed by atoms with Gasteiger partial charge >= 0.3 is 0 Å². The van der Waals surface area contributed by atoms with E-state index < -0.39 is 0 Å². The Kier molecular flexibility index (Phi) is 4.56. The monoisotopic (exact) mass is 254 g/mol. The van der Waals surface area contributed by atoms with E-state index >= 15 is 0 Å². The Morgan fingerprint density at radius 1 is 1.05 bits per heavy atom. The van der Waals surface area contributed by atoms with Gasteiger partial charge in [-0.2, -0.15) is 5.10 Å². The topological polar surface area (TPSA) is 33.6 Å². The first-order valence-corrected chi connectivity index (χ1v) is 6.35. The van der Waals surface area contributed by atoms with Gasteiger partial charge in [-0.05, 0) is 43.7 Å². The zero-order chi connectivity index (χ0) is 13.5. The number of hydrogen-bond donors (Lipinski definition) is 1. The zero-order valence-corrected chi connectivity index (χ0v) is 11.2. The lowest BCUT2D eigenvalue weighted by Gasteiger charge is -2.09. The summed E-state index contributed by atoms with van der Waals surface area (Å²) in [5.41, 5.74) is 4.95. The first kappa shape index (κ1) is 13.1. The van der Waals surface area contributed by atoms with E-state index in [2.05, 4.69) is 10.5 Å². The quantitative estimate of drug-likeness (QED) is 0.648. The Labute approximate surface area is 113 Å². The van der Waals surface area contributed by atoms with Gasteiger partial charge in [0, 0.05) is 0 Å². The fourth-order valence-electron chi connectivity index (χ4n) is 1.63. The molecule has 0 heterocycles. The highest BCUT2D eigenvalue weighted by Gasteiger charge is 1.97.